The first-order valence-corrected chi connectivity index (χ1v) is 11.8. The van der Waals surface area contributed by atoms with Crippen LogP contribution in [0.2, 0.25) is 0 Å². The van der Waals surface area contributed by atoms with Crippen LogP contribution >= 0.6 is 23.1 Å². The molecule has 0 saturated heterocycles. The fraction of sp³-hybridized carbons (Fsp3) is 0.273. The van der Waals surface area contributed by atoms with E-state index in [1.807, 2.05) is 68.4 Å². The maximum absolute atomic E-state index is 12.7. The summed E-state index contributed by atoms with van der Waals surface area (Å²) in [5, 5.41) is 15.0. The van der Waals surface area contributed by atoms with Crippen molar-refractivity contribution in [3.05, 3.63) is 60.2 Å². The minimum absolute atomic E-state index is 0.0263. The fourth-order valence-electron chi connectivity index (χ4n) is 2.82. The number of para-hydroxylation sites is 2. The molecule has 0 radical (unpaired) electrons. The molecule has 0 saturated carbocycles. The van der Waals surface area contributed by atoms with E-state index in [0.29, 0.717) is 16.0 Å². The van der Waals surface area contributed by atoms with Gasteiger partial charge in [-0.1, -0.05) is 66.4 Å². The Labute approximate surface area is 190 Å². The molecule has 2 aromatic carbocycles. The van der Waals surface area contributed by atoms with Crippen molar-refractivity contribution in [2.24, 2.45) is 0 Å². The number of nitrogens with zero attached hydrogens (tertiary/aromatic N) is 3. The maximum atomic E-state index is 12.7. The van der Waals surface area contributed by atoms with Crippen molar-refractivity contribution in [1.29, 1.82) is 0 Å². The highest BCUT2D eigenvalue weighted by atomic mass is 32.2. The van der Waals surface area contributed by atoms with Crippen LogP contribution in [-0.2, 0) is 9.59 Å². The average Bonchev–Trinajstić information content (AvgIpc) is 3.21. The molecule has 2 N–H and O–H groups in total. The van der Waals surface area contributed by atoms with Gasteiger partial charge in [0.25, 0.3) is 0 Å². The van der Waals surface area contributed by atoms with Gasteiger partial charge >= 0.3 is 0 Å². The topological polar surface area (TPSA) is 87.2 Å². The molecule has 3 rings (SSSR count). The van der Waals surface area contributed by atoms with E-state index < -0.39 is 0 Å². The van der Waals surface area contributed by atoms with Crippen LogP contribution in [0.4, 0.5) is 16.5 Å². The van der Waals surface area contributed by atoms with E-state index in [1.54, 1.807) is 4.90 Å². The van der Waals surface area contributed by atoms with Crippen molar-refractivity contribution in [2.75, 3.05) is 29.5 Å². The molecule has 0 aliphatic rings. The molecule has 0 fully saturated rings. The predicted octanol–water partition coefficient (Wildman–Crippen LogP) is 4.56. The third-order valence-electron chi connectivity index (χ3n) is 4.35. The van der Waals surface area contributed by atoms with Crippen molar-refractivity contribution in [3.8, 4) is 0 Å². The number of thioether (sulfide) groups is 1. The summed E-state index contributed by atoms with van der Waals surface area (Å²) in [6, 6.07) is 17.3. The van der Waals surface area contributed by atoms with Gasteiger partial charge in [-0.3, -0.25) is 9.59 Å². The third-order valence-corrected chi connectivity index (χ3v) is 6.31. The molecule has 31 heavy (non-hydrogen) atoms. The monoisotopic (exact) mass is 455 g/mol. The van der Waals surface area contributed by atoms with Gasteiger partial charge < -0.3 is 15.5 Å². The molecular weight excluding hydrogens is 430 g/mol. The summed E-state index contributed by atoms with van der Waals surface area (Å²) in [7, 11) is 0. The Morgan fingerprint density at radius 1 is 1.06 bits per heavy atom. The van der Waals surface area contributed by atoms with Crippen molar-refractivity contribution >= 4 is 51.4 Å². The minimum atomic E-state index is -0.202. The number of rotatable bonds is 10. The van der Waals surface area contributed by atoms with Gasteiger partial charge in [-0.2, -0.15) is 0 Å². The Morgan fingerprint density at radius 2 is 1.81 bits per heavy atom. The number of amides is 2. The van der Waals surface area contributed by atoms with Crippen LogP contribution in [0, 0.1) is 6.92 Å². The Hall–Kier alpha value is -2.91. The summed E-state index contributed by atoms with van der Waals surface area (Å²) in [5.41, 5.74) is 2.68. The molecule has 1 aromatic heterocycles. The highest BCUT2D eigenvalue weighted by Crippen LogP contribution is 2.27. The van der Waals surface area contributed by atoms with Crippen molar-refractivity contribution in [2.45, 2.75) is 24.6 Å². The molecule has 1 heterocycles. The van der Waals surface area contributed by atoms with E-state index in [0.717, 1.165) is 23.4 Å². The van der Waals surface area contributed by atoms with Crippen LogP contribution in [0.1, 0.15) is 18.9 Å². The Bertz CT molecular complexity index is 1010. The minimum Gasteiger partial charge on any atom is -0.333 e. The lowest BCUT2D eigenvalue weighted by Gasteiger charge is -2.21. The SMILES string of the molecule is CCCN(CC(=O)Nc1ccccc1C)C(=O)CSc1nnc(Nc2ccccc2)s1. The lowest BCUT2D eigenvalue weighted by Crippen LogP contribution is -2.39. The zero-order valence-corrected chi connectivity index (χ0v) is 19.1. The molecule has 0 aliphatic heterocycles. The van der Waals surface area contributed by atoms with Crippen LogP contribution in [0.3, 0.4) is 0 Å². The van der Waals surface area contributed by atoms with Gasteiger partial charge in [0, 0.05) is 17.9 Å². The van der Waals surface area contributed by atoms with Gasteiger partial charge in [-0.15, -0.1) is 10.2 Å². The van der Waals surface area contributed by atoms with Gasteiger partial charge in [-0.25, -0.2) is 0 Å². The molecule has 3 aromatic rings. The standard InChI is InChI=1S/C22H25N5O2S2/c1-3-13-27(14-19(28)24-18-12-8-7-9-16(18)2)20(29)15-30-22-26-25-21(31-22)23-17-10-5-4-6-11-17/h4-12H,3,13-15H2,1-2H3,(H,23,25)(H,24,28). The molecule has 9 heteroatoms. The van der Waals surface area contributed by atoms with Crippen molar-refractivity contribution in [3.63, 3.8) is 0 Å². The first-order chi connectivity index (χ1) is 15.0. The lowest BCUT2D eigenvalue weighted by atomic mass is 10.2. The van der Waals surface area contributed by atoms with Crippen LogP contribution in [0.5, 0.6) is 0 Å². The van der Waals surface area contributed by atoms with Gasteiger partial charge in [0.15, 0.2) is 4.34 Å². The molecule has 7 nitrogen and oxygen atoms in total. The highest BCUT2D eigenvalue weighted by Gasteiger charge is 2.18. The molecule has 0 unspecified atom stereocenters. The smallest absolute Gasteiger partial charge is 0.244 e. The highest BCUT2D eigenvalue weighted by molar-refractivity contribution is 8.01. The van der Waals surface area contributed by atoms with E-state index in [-0.39, 0.29) is 24.1 Å². The average molecular weight is 456 g/mol. The molecule has 0 aliphatic carbocycles. The number of aromatic nitrogens is 2. The number of anilines is 3. The summed E-state index contributed by atoms with van der Waals surface area (Å²) >= 11 is 2.72. The Morgan fingerprint density at radius 3 is 2.55 bits per heavy atom. The quantitative estimate of drug-likeness (QED) is 0.436. The fourth-order valence-corrected chi connectivity index (χ4v) is 4.49. The summed E-state index contributed by atoms with van der Waals surface area (Å²) in [4.78, 5) is 26.8. The number of aryl methyl sites for hydroxylation is 1. The summed E-state index contributed by atoms with van der Waals surface area (Å²) in [6.07, 6.45) is 0.776. The number of carbonyl (C=O) groups excluding carboxylic acids is 2. The molecule has 0 spiro atoms. The molecule has 2 amide bonds. The van der Waals surface area contributed by atoms with Gasteiger partial charge in [0.05, 0.1) is 12.3 Å². The van der Waals surface area contributed by atoms with E-state index in [1.165, 1.54) is 23.1 Å². The second kappa shape index (κ2) is 11.5. The number of benzene rings is 2. The Kier molecular flexibility index (Phi) is 8.43. The maximum Gasteiger partial charge on any atom is 0.244 e. The van der Waals surface area contributed by atoms with Crippen LogP contribution in [-0.4, -0.2) is 45.8 Å². The van der Waals surface area contributed by atoms with Gasteiger partial charge in [-0.05, 0) is 37.1 Å². The summed E-state index contributed by atoms with van der Waals surface area (Å²) in [6.45, 7) is 4.47. The third kappa shape index (κ3) is 7.08. The molecular formula is C22H25N5O2S2. The number of carbonyl (C=O) groups is 2. The van der Waals surface area contributed by atoms with Crippen molar-refractivity contribution < 1.29 is 9.59 Å². The summed E-state index contributed by atoms with van der Waals surface area (Å²) in [5.74, 6) is -0.0941. The van der Waals surface area contributed by atoms with Gasteiger partial charge in [0.2, 0.25) is 16.9 Å². The lowest BCUT2D eigenvalue weighted by molar-refractivity contribution is -0.132. The number of nitrogens with one attached hydrogen (secondary N) is 2. The zero-order valence-electron chi connectivity index (χ0n) is 17.5. The first-order valence-electron chi connectivity index (χ1n) is 9.96. The molecule has 0 bridgehead atoms. The number of hydrogen-bond donors (Lipinski definition) is 2. The van der Waals surface area contributed by atoms with Gasteiger partial charge in [0.1, 0.15) is 0 Å². The van der Waals surface area contributed by atoms with E-state index in [2.05, 4.69) is 20.8 Å². The van der Waals surface area contributed by atoms with E-state index in [4.69, 9.17) is 0 Å². The van der Waals surface area contributed by atoms with Crippen LogP contribution in [0.25, 0.3) is 0 Å². The Balaban J connectivity index is 1.52. The van der Waals surface area contributed by atoms with E-state index in [9.17, 15) is 9.59 Å². The number of hydrogen-bond acceptors (Lipinski definition) is 7. The molecule has 162 valence electrons. The summed E-state index contributed by atoms with van der Waals surface area (Å²) < 4.78 is 0.701. The van der Waals surface area contributed by atoms with Crippen LogP contribution in [0.15, 0.2) is 58.9 Å². The van der Waals surface area contributed by atoms with Crippen molar-refractivity contribution in [1.82, 2.24) is 15.1 Å². The second-order valence-corrected chi connectivity index (χ2v) is 9.03. The largest absolute Gasteiger partial charge is 0.333 e. The van der Waals surface area contributed by atoms with Crippen LogP contribution < -0.4 is 10.6 Å². The molecule has 0 atom stereocenters. The first kappa shape index (κ1) is 22.8. The normalized spacial score (nSPS) is 10.5. The zero-order chi connectivity index (χ0) is 22.1. The predicted molar refractivity (Wildman–Crippen MR) is 127 cm³/mol. The second-order valence-electron chi connectivity index (χ2n) is 6.83. The van der Waals surface area contributed by atoms with E-state index >= 15 is 0 Å².